The van der Waals surface area contributed by atoms with Gasteiger partial charge in [-0.15, -0.1) is 0 Å². The van der Waals surface area contributed by atoms with Crippen molar-refractivity contribution in [2.24, 2.45) is 5.92 Å². The maximum absolute atomic E-state index is 11.8. The Labute approximate surface area is 135 Å². The van der Waals surface area contributed by atoms with Crippen molar-refractivity contribution in [1.29, 1.82) is 0 Å². The van der Waals surface area contributed by atoms with Crippen molar-refractivity contribution in [3.8, 4) is 11.5 Å². The minimum Gasteiger partial charge on any atom is -0.341 e. The van der Waals surface area contributed by atoms with Crippen LogP contribution in [0, 0.1) is 12.8 Å². The number of aryl methyl sites for hydroxylation is 1. The Bertz CT molecular complexity index is 709. The zero-order valence-corrected chi connectivity index (χ0v) is 13.3. The Morgan fingerprint density at radius 3 is 3.00 bits per heavy atom. The summed E-state index contributed by atoms with van der Waals surface area (Å²) >= 11 is 0. The molecule has 0 bridgehead atoms. The van der Waals surface area contributed by atoms with E-state index in [1.807, 2.05) is 11.8 Å². The average molecular weight is 311 g/mol. The molecule has 0 aromatic carbocycles. The van der Waals surface area contributed by atoms with Crippen LogP contribution in [0.4, 0.5) is 0 Å². The van der Waals surface area contributed by atoms with Crippen LogP contribution in [-0.4, -0.2) is 43.8 Å². The zero-order valence-electron chi connectivity index (χ0n) is 13.3. The Kier molecular flexibility index (Phi) is 4.50. The summed E-state index contributed by atoms with van der Waals surface area (Å²) in [5.41, 5.74) is 2.73. The predicted molar refractivity (Wildman–Crippen MR) is 87.6 cm³/mol. The number of carbonyl (C=O) groups excluding carboxylic acids is 1. The Morgan fingerprint density at radius 1 is 1.43 bits per heavy atom. The van der Waals surface area contributed by atoms with Crippen LogP contribution in [-0.2, 0) is 11.2 Å². The third-order valence-electron chi connectivity index (χ3n) is 4.19. The van der Waals surface area contributed by atoms with Crippen LogP contribution in [0.1, 0.15) is 24.2 Å². The highest BCUT2D eigenvalue weighted by Gasteiger charge is 2.24. The molecule has 1 N–H and O–H groups in total. The molecule has 1 aliphatic rings. The molecular formula is C17H21N5O. The molecule has 120 valence electrons. The number of aromatic nitrogens is 4. The number of imidazole rings is 1. The second kappa shape index (κ2) is 6.73. The Hall–Kier alpha value is -2.50. The molecule has 2 aromatic heterocycles. The monoisotopic (exact) mass is 311 g/mol. The molecule has 0 saturated carbocycles. The highest BCUT2D eigenvalue weighted by molar-refractivity contribution is 5.87. The van der Waals surface area contributed by atoms with Crippen LogP contribution in [0.2, 0.25) is 0 Å². The molecule has 1 atom stereocenters. The van der Waals surface area contributed by atoms with E-state index >= 15 is 0 Å². The molecule has 1 aliphatic heterocycles. The van der Waals surface area contributed by atoms with Gasteiger partial charge in [-0.1, -0.05) is 6.58 Å². The second-order valence-electron chi connectivity index (χ2n) is 5.97. The molecule has 3 rings (SSSR count). The number of hydrogen-bond acceptors (Lipinski definition) is 4. The smallest absolute Gasteiger partial charge is 0.245 e. The summed E-state index contributed by atoms with van der Waals surface area (Å²) in [7, 11) is 0. The SMILES string of the molecule is C=CC(=O)N1CCCC(Cc2nccnc2-c2ncc(C)[nH]2)C1. The van der Waals surface area contributed by atoms with Crippen molar-refractivity contribution in [2.75, 3.05) is 13.1 Å². The van der Waals surface area contributed by atoms with Gasteiger partial charge in [0.25, 0.3) is 0 Å². The van der Waals surface area contributed by atoms with Crippen LogP contribution in [0.15, 0.2) is 31.2 Å². The van der Waals surface area contributed by atoms with Crippen LogP contribution in [0.25, 0.3) is 11.5 Å². The molecule has 6 heteroatoms. The van der Waals surface area contributed by atoms with Crippen LogP contribution < -0.4 is 0 Å². The van der Waals surface area contributed by atoms with Crippen LogP contribution in [0.3, 0.4) is 0 Å². The molecule has 23 heavy (non-hydrogen) atoms. The summed E-state index contributed by atoms with van der Waals surface area (Å²) in [5.74, 6) is 1.15. The molecule has 2 aromatic rings. The lowest BCUT2D eigenvalue weighted by atomic mass is 9.92. The normalized spacial score (nSPS) is 18.0. The van der Waals surface area contributed by atoms with E-state index in [2.05, 4.69) is 26.5 Å². The topological polar surface area (TPSA) is 74.8 Å². The number of nitrogens with one attached hydrogen (secondary N) is 1. The molecule has 0 radical (unpaired) electrons. The third kappa shape index (κ3) is 3.47. The molecule has 0 spiro atoms. The Morgan fingerprint density at radius 2 is 2.26 bits per heavy atom. The van der Waals surface area contributed by atoms with Gasteiger partial charge in [-0.05, 0) is 38.2 Å². The lowest BCUT2D eigenvalue weighted by Gasteiger charge is -2.32. The van der Waals surface area contributed by atoms with E-state index in [9.17, 15) is 4.79 Å². The molecule has 1 saturated heterocycles. The number of rotatable bonds is 4. The maximum Gasteiger partial charge on any atom is 0.245 e. The average Bonchev–Trinajstić information content (AvgIpc) is 3.01. The first kappa shape index (κ1) is 15.4. The summed E-state index contributed by atoms with van der Waals surface area (Å²) in [5, 5.41) is 0. The fourth-order valence-electron chi connectivity index (χ4n) is 3.08. The molecule has 6 nitrogen and oxygen atoms in total. The van der Waals surface area contributed by atoms with E-state index in [0.717, 1.165) is 55.3 Å². The Balaban J connectivity index is 1.78. The van der Waals surface area contributed by atoms with Gasteiger partial charge in [-0.3, -0.25) is 9.78 Å². The molecular weight excluding hydrogens is 290 g/mol. The first-order valence-corrected chi connectivity index (χ1v) is 7.90. The van der Waals surface area contributed by atoms with Crippen molar-refractivity contribution < 1.29 is 4.79 Å². The number of carbonyl (C=O) groups is 1. The predicted octanol–water partition coefficient (Wildman–Crippen LogP) is 2.14. The number of likely N-dealkylation sites (tertiary alicyclic amines) is 1. The van der Waals surface area contributed by atoms with Crippen molar-refractivity contribution >= 4 is 5.91 Å². The quantitative estimate of drug-likeness (QED) is 0.878. The standard InChI is InChI=1S/C17H21N5O/c1-3-15(23)22-8-4-5-13(11-22)9-14-16(19-7-6-18-14)17-20-10-12(2)21-17/h3,6-7,10,13H,1,4-5,8-9,11H2,2H3,(H,20,21). The van der Waals surface area contributed by atoms with E-state index in [4.69, 9.17) is 0 Å². The minimum absolute atomic E-state index is 0.00993. The first-order chi connectivity index (χ1) is 11.2. The van der Waals surface area contributed by atoms with E-state index in [1.54, 1.807) is 18.6 Å². The fourth-order valence-corrected chi connectivity index (χ4v) is 3.08. The molecule has 0 aliphatic carbocycles. The van der Waals surface area contributed by atoms with E-state index < -0.39 is 0 Å². The van der Waals surface area contributed by atoms with Gasteiger partial charge in [0, 0.05) is 37.4 Å². The summed E-state index contributed by atoms with van der Waals surface area (Å²) < 4.78 is 0. The van der Waals surface area contributed by atoms with E-state index in [0.29, 0.717) is 5.92 Å². The summed E-state index contributed by atoms with van der Waals surface area (Å²) in [6.07, 6.45) is 9.48. The van der Waals surface area contributed by atoms with Gasteiger partial charge < -0.3 is 9.88 Å². The van der Waals surface area contributed by atoms with Crippen molar-refractivity contribution in [1.82, 2.24) is 24.8 Å². The largest absolute Gasteiger partial charge is 0.341 e. The lowest BCUT2D eigenvalue weighted by Crippen LogP contribution is -2.39. The van der Waals surface area contributed by atoms with E-state index in [1.165, 1.54) is 6.08 Å². The zero-order chi connectivity index (χ0) is 16.2. The second-order valence-corrected chi connectivity index (χ2v) is 5.97. The van der Waals surface area contributed by atoms with Gasteiger partial charge in [0.05, 0.1) is 5.69 Å². The molecule has 1 fully saturated rings. The van der Waals surface area contributed by atoms with Gasteiger partial charge >= 0.3 is 0 Å². The number of H-pyrrole nitrogens is 1. The number of hydrogen-bond donors (Lipinski definition) is 1. The third-order valence-corrected chi connectivity index (χ3v) is 4.19. The lowest BCUT2D eigenvalue weighted by molar-refractivity contribution is -0.127. The fraction of sp³-hybridized carbons (Fsp3) is 0.412. The van der Waals surface area contributed by atoms with Crippen LogP contribution in [0.5, 0.6) is 0 Å². The summed E-state index contributed by atoms with van der Waals surface area (Å²) in [6, 6.07) is 0. The van der Waals surface area contributed by atoms with Gasteiger partial charge in [-0.2, -0.15) is 0 Å². The van der Waals surface area contributed by atoms with Gasteiger partial charge in [0.15, 0.2) is 5.82 Å². The summed E-state index contributed by atoms with van der Waals surface area (Å²) in [6.45, 7) is 7.10. The minimum atomic E-state index is 0.00993. The highest BCUT2D eigenvalue weighted by Crippen LogP contribution is 2.24. The van der Waals surface area contributed by atoms with Gasteiger partial charge in [0.1, 0.15) is 5.69 Å². The first-order valence-electron chi connectivity index (χ1n) is 7.90. The summed E-state index contributed by atoms with van der Waals surface area (Å²) in [4.78, 5) is 30.2. The number of aromatic amines is 1. The molecule has 1 amide bonds. The highest BCUT2D eigenvalue weighted by atomic mass is 16.2. The number of piperidine rings is 1. The van der Waals surface area contributed by atoms with Crippen LogP contribution >= 0.6 is 0 Å². The maximum atomic E-state index is 11.8. The van der Waals surface area contributed by atoms with Crippen molar-refractivity contribution in [2.45, 2.75) is 26.2 Å². The van der Waals surface area contributed by atoms with E-state index in [-0.39, 0.29) is 5.91 Å². The van der Waals surface area contributed by atoms with Crippen molar-refractivity contribution in [3.05, 3.63) is 42.6 Å². The van der Waals surface area contributed by atoms with Gasteiger partial charge in [-0.25, -0.2) is 9.97 Å². The molecule has 1 unspecified atom stereocenters. The number of nitrogens with zero attached hydrogens (tertiary/aromatic N) is 4. The molecule has 3 heterocycles. The van der Waals surface area contributed by atoms with Crippen molar-refractivity contribution in [3.63, 3.8) is 0 Å². The number of amides is 1. The van der Waals surface area contributed by atoms with Gasteiger partial charge in [0.2, 0.25) is 5.91 Å².